The number of hydrogen-bond donors (Lipinski definition) is 0. The SMILES string of the molecule is O=CCN1C=CC=CC1. The topological polar surface area (TPSA) is 20.3 Å². The van der Waals surface area contributed by atoms with Crippen molar-refractivity contribution in [2.24, 2.45) is 0 Å². The van der Waals surface area contributed by atoms with Crippen LogP contribution in [0.2, 0.25) is 0 Å². The predicted octanol–water partition coefficient (Wildman–Crippen LogP) is 0.571. The summed E-state index contributed by atoms with van der Waals surface area (Å²) in [6, 6.07) is 0. The highest BCUT2D eigenvalue weighted by Gasteiger charge is 1.95. The summed E-state index contributed by atoms with van der Waals surface area (Å²) in [5, 5.41) is 0. The number of carbonyl (C=O) groups is 1. The van der Waals surface area contributed by atoms with Gasteiger partial charge in [0, 0.05) is 6.54 Å². The van der Waals surface area contributed by atoms with Crippen molar-refractivity contribution in [2.45, 2.75) is 0 Å². The average molecular weight is 123 g/mol. The zero-order chi connectivity index (χ0) is 6.53. The van der Waals surface area contributed by atoms with E-state index < -0.39 is 0 Å². The summed E-state index contributed by atoms with van der Waals surface area (Å²) in [5.74, 6) is 0. The highest BCUT2D eigenvalue weighted by molar-refractivity contribution is 5.52. The van der Waals surface area contributed by atoms with Crippen LogP contribution in [-0.4, -0.2) is 24.3 Å². The first kappa shape index (κ1) is 6.08. The minimum Gasteiger partial charge on any atom is -0.367 e. The van der Waals surface area contributed by atoms with Gasteiger partial charge < -0.3 is 9.69 Å². The van der Waals surface area contributed by atoms with Crippen LogP contribution in [0.15, 0.2) is 24.4 Å². The lowest BCUT2D eigenvalue weighted by Gasteiger charge is -2.16. The van der Waals surface area contributed by atoms with Crippen molar-refractivity contribution >= 4 is 6.29 Å². The molecule has 0 spiro atoms. The monoisotopic (exact) mass is 123 g/mol. The van der Waals surface area contributed by atoms with Gasteiger partial charge >= 0.3 is 0 Å². The maximum atomic E-state index is 9.97. The summed E-state index contributed by atoms with van der Waals surface area (Å²) in [4.78, 5) is 11.9. The molecule has 1 rings (SSSR count). The molecule has 0 unspecified atom stereocenters. The Labute approximate surface area is 54.5 Å². The maximum Gasteiger partial charge on any atom is 0.139 e. The van der Waals surface area contributed by atoms with Gasteiger partial charge in [0.1, 0.15) is 6.29 Å². The minimum absolute atomic E-state index is 0.501. The van der Waals surface area contributed by atoms with E-state index in [1.165, 1.54) is 0 Å². The third-order valence-corrected chi connectivity index (χ3v) is 1.19. The third-order valence-electron chi connectivity index (χ3n) is 1.19. The van der Waals surface area contributed by atoms with Crippen LogP contribution in [0.1, 0.15) is 0 Å². The molecule has 1 aliphatic heterocycles. The summed E-state index contributed by atoms with van der Waals surface area (Å²) in [6.07, 6.45) is 8.73. The van der Waals surface area contributed by atoms with Gasteiger partial charge in [0.15, 0.2) is 0 Å². The van der Waals surface area contributed by atoms with Gasteiger partial charge in [-0.15, -0.1) is 0 Å². The molecule has 0 saturated heterocycles. The summed E-state index contributed by atoms with van der Waals surface area (Å²) in [5.41, 5.74) is 0. The predicted molar refractivity (Wildman–Crippen MR) is 35.9 cm³/mol. The molecule has 0 saturated carbocycles. The van der Waals surface area contributed by atoms with Gasteiger partial charge in [0.25, 0.3) is 0 Å². The van der Waals surface area contributed by atoms with E-state index in [-0.39, 0.29) is 0 Å². The molecule has 1 heterocycles. The Bertz CT molecular complexity index is 147. The molecule has 0 amide bonds. The van der Waals surface area contributed by atoms with Crippen LogP contribution in [-0.2, 0) is 4.79 Å². The summed E-state index contributed by atoms with van der Waals surface area (Å²) >= 11 is 0. The smallest absolute Gasteiger partial charge is 0.139 e. The van der Waals surface area contributed by atoms with Crippen molar-refractivity contribution in [3.8, 4) is 0 Å². The standard InChI is InChI=1S/C7H9NO/c9-7-6-8-4-2-1-3-5-8/h1-4,7H,5-6H2. The molecule has 0 aliphatic carbocycles. The van der Waals surface area contributed by atoms with E-state index in [9.17, 15) is 4.79 Å². The summed E-state index contributed by atoms with van der Waals surface area (Å²) in [6.45, 7) is 1.36. The van der Waals surface area contributed by atoms with Crippen molar-refractivity contribution in [3.63, 3.8) is 0 Å². The first-order chi connectivity index (χ1) is 4.43. The lowest BCUT2D eigenvalue weighted by atomic mass is 10.3. The fourth-order valence-electron chi connectivity index (χ4n) is 0.738. The first-order valence-electron chi connectivity index (χ1n) is 2.94. The molecule has 2 heteroatoms. The summed E-state index contributed by atoms with van der Waals surface area (Å²) in [7, 11) is 0. The number of carbonyl (C=O) groups excluding carboxylic acids is 1. The van der Waals surface area contributed by atoms with Crippen LogP contribution in [0.3, 0.4) is 0 Å². The van der Waals surface area contributed by atoms with Crippen LogP contribution >= 0.6 is 0 Å². The largest absolute Gasteiger partial charge is 0.367 e. The second-order valence-corrected chi connectivity index (χ2v) is 1.89. The fraction of sp³-hybridized carbons (Fsp3) is 0.286. The Morgan fingerprint density at radius 3 is 3.00 bits per heavy atom. The van der Waals surface area contributed by atoms with E-state index in [0.717, 1.165) is 12.8 Å². The second kappa shape index (κ2) is 3.07. The highest BCUT2D eigenvalue weighted by Crippen LogP contribution is 1.95. The van der Waals surface area contributed by atoms with Gasteiger partial charge in [0.2, 0.25) is 0 Å². The quantitative estimate of drug-likeness (QED) is 0.500. The molecule has 0 N–H and O–H groups in total. The zero-order valence-corrected chi connectivity index (χ0v) is 5.16. The molecule has 0 bridgehead atoms. The van der Waals surface area contributed by atoms with Crippen molar-refractivity contribution in [3.05, 3.63) is 24.4 Å². The number of hydrogen-bond acceptors (Lipinski definition) is 2. The van der Waals surface area contributed by atoms with Crippen LogP contribution < -0.4 is 0 Å². The first-order valence-corrected chi connectivity index (χ1v) is 2.94. The molecular formula is C7H9NO. The Kier molecular flexibility index (Phi) is 2.07. The normalized spacial score (nSPS) is 16.2. The highest BCUT2D eigenvalue weighted by atomic mass is 16.1. The molecule has 0 aromatic heterocycles. The Morgan fingerprint density at radius 2 is 2.44 bits per heavy atom. The molecule has 0 fully saturated rings. The number of nitrogens with zero attached hydrogens (tertiary/aromatic N) is 1. The van der Waals surface area contributed by atoms with Crippen LogP contribution in [0.25, 0.3) is 0 Å². The van der Waals surface area contributed by atoms with Crippen molar-refractivity contribution in [2.75, 3.05) is 13.1 Å². The van der Waals surface area contributed by atoms with Gasteiger partial charge in [-0.1, -0.05) is 12.2 Å². The molecule has 48 valence electrons. The molecular weight excluding hydrogens is 114 g/mol. The molecule has 0 radical (unpaired) electrons. The van der Waals surface area contributed by atoms with E-state index >= 15 is 0 Å². The minimum atomic E-state index is 0.501. The van der Waals surface area contributed by atoms with Crippen LogP contribution in [0, 0.1) is 0 Å². The van der Waals surface area contributed by atoms with Crippen LogP contribution in [0.4, 0.5) is 0 Å². The van der Waals surface area contributed by atoms with Gasteiger partial charge in [-0.2, -0.15) is 0 Å². The van der Waals surface area contributed by atoms with Gasteiger partial charge in [-0.25, -0.2) is 0 Å². The Hall–Kier alpha value is -1.05. The Balaban J connectivity index is 2.36. The molecule has 0 atom stereocenters. The molecule has 9 heavy (non-hydrogen) atoms. The van der Waals surface area contributed by atoms with E-state index in [1.54, 1.807) is 0 Å². The average Bonchev–Trinajstić information content (AvgIpc) is 1.91. The van der Waals surface area contributed by atoms with Crippen molar-refractivity contribution in [1.82, 2.24) is 4.90 Å². The summed E-state index contributed by atoms with van der Waals surface area (Å²) < 4.78 is 0. The third kappa shape index (κ3) is 1.72. The Morgan fingerprint density at radius 1 is 1.56 bits per heavy atom. The van der Waals surface area contributed by atoms with Gasteiger partial charge in [0.05, 0.1) is 6.54 Å². The molecule has 1 aliphatic rings. The van der Waals surface area contributed by atoms with E-state index in [4.69, 9.17) is 0 Å². The zero-order valence-electron chi connectivity index (χ0n) is 5.16. The van der Waals surface area contributed by atoms with Crippen molar-refractivity contribution in [1.29, 1.82) is 0 Å². The van der Waals surface area contributed by atoms with E-state index in [2.05, 4.69) is 0 Å². The fourth-order valence-corrected chi connectivity index (χ4v) is 0.738. The number of rotatable bonds is 2. The maximum absolute atomic E-state index is 9.97. The van der Waals surface area contributed by atoms with E-state index in [1.807, 2.05) is 29.3 Å². The second-order valence-electron chi connectivity index (χ2n) is 1.89. The number of aldehydes is 1. The number of allylic oxidation sites excluding steroid dienone is 2. The molecule has 0 aromatic carbocycles. The molecule has 0 aromatic rings. The lowest BCUT2D eigenvalue weighted by molar-refractivity contribution is -0.108. The van der Waals surface area contributed by atoms with Crippen LogP contribution in [0.5, 0.6) is 0 Å². The van der Waals surface area contributed by atoms with E-state index in [0.29, 0.717) is 6.54 Å². The lowest BCUT2D eigenvalue weighted by Crippen LogP contribution is -2.20. The molecule has 2 nitrogen and oxygen atoms in total. The van der Waals surface area contributed by atoms with Gasteiger partial charge in [-0.05, 0) is 12.3 Å². The van der Waals surface area contributed by atoms with Crippen molar-refractivity contribution < 1.29 is 4.79 Å². The van der Waals surface area contributed by atoms with Gasteiger partial charge in [-0.3, -0.25) is 0 Å².